The molecule has 8 heteroatoms. The molecule has 5 N–H and O–H groups in total. The second kappa shape index (κ2) is 7.06. The number of rotatable bonds is 5. The van der Waals surface area contributed by atoms with Crippen molar-refractivity contribution in [2.45, 2.75) is 37.5 Å². The van der Waals surface area contributed by atoms with Crippen molar-refractivity contribution in [3.63, 3.8) is 0 Å². The van der Waals surface area contributed by atoms with E-state index >= 15 is 0 Å². The first-order valence-electron chi connectivity index (χ1n) is 6.80. The molecule has 1 radical (unpaired) electrons. The van der Waals surface area contributed by atoms with Gasteiger partial charge < -0.3 is 0 Å². The molecule has 1 aromatic rings. The molecule has 1 heterocycles. The van der Waals surface area contributed by atoms with Gasteiger partial charge in [-0.2, -0.15) is 0 Å². The molecule has 0 spiro atoms. The average Bonchev–Trinajstić information content (AvgIpc) is 2.81. The SMILES string of the molecule is Cc1ccc(N2C([Se])=N[C@H]([C@@H](O)[C@H](O)[C@H](O)CO)C2O)cc1. The minimum atomic E-state index is -1.61. The van der Waals surface area contributed by atoms with Crippen LogP contribution in [0.25, 0.3) is 0 Å². The van der Waals surface area contributed by atoms with Gasteiger partial charge in [-0.25, -0.2) is 0 Å². The molecule has 121 valence electrons. The normalized spacial score (nSPS) is 25.7. The first-order valence-corrected chi connectivity index (χ1v) is 7.66. The van der Waals surface area contributed by atoms with E-state index < -0.39 is 37.2 Å². The molecule has 0 aliphatic carbocycles. The number of amidine groups is 1. The predicted octanol–water partition coefficient (Wildman–Crippen LogP) is -1.90. The molecule has 0 saturated carbocycles. The van der Waals surface area contributed by atoms with Gasteiger partial charge in [0.05, 0.1) is 0 Å². The van der Waals surface area contributed by atoms with Crippen molar-refractivity contribution in [2.24, 2.45) is 4.99 Å². The molecule has 5 atom stereocenters. The number of aryl methyl sites for hydroxylation is 1. The first kappa shape index (κ1) is 17.4. The summed E-state index contributed by atoms with van der Waals surface area (Å²) in [6.45, 7) is 1.24. The van der Waals surface area contributed by atoms with Gasteiger partial charge in [0.25, 0.3) is 0 Å². The molecule has 1 unspecified atom stereocenters. The van der Waals surface area contributed by atoms with Crippen molar-refractivity contribution < 1.29 is 25.5 Å². The second-order valence-corrected chi connectivity index (χ2v) is 6.02. The molecule has 1 aliphatic heterocycles. The van der Waals surface area contributed by atoms with Crippen LogP contribution in [0.2, 0.25) is 0 Å². The van der Waals surface area contributed by atoms with E-state index in [9.17, 15) is 20.4 Å². The molecular formula is C14H19N2O5Se. The maximum atomic E-state index is 10.4. The van der Waals surface area contributed by atoms with Gasteiger partial charge >= 0.3 is 136 Å². The Morgan fingerprint density at radius 1 is 1.23 bits per heavy atom. The summed E-state index contributed by atoms with van der Waals surface area (Å²) >= 11 is 2.71. The van der Waals surface area contributed by atoms with E-state index in [1.807, 2.05) is 19.1 Å². The topological polar surface area (TPSA) is 117 Å². The van der Waals surface area contributed by atoms with Crippen molar-refractivity contribution >= 4 is 26.4 Å². The molecule has 7 nitrogen and oxygen atoms in total. The number of hydrogen-bond acceptors (Lipinski definition) is 7. The van der Waals surface area contributed by atoms with E-state index in [1.54, 1.807) is 12.1 Å². The van der Waals surface area contributed by atoms with Crippen molar-refractivity contribution in [3.8, 4) is 0 Å². The van der Waals surface area contributed by atoms with Gasteiger partial charge in [-0.1, -0.05) is 0 Å². The van der Waals surface area contributed by atoms with Crippen molar-refractivity contribution in [1.82, 2.24) is 0 Å². The van der Waals surface area contributed by atoms with E-state index in [0.717, 1.165) is 5.56 Å². The monoisotopic (exact) mass is 375 g/mol. The van der Waals surface area contributed by atoms with Gasteiger partial charge in [0.2, 0.25) is 0 Å². The van der Waals surface area contributed by atoms with E-state index in [2.05, 4.69) is 21.0 Å². The van der Waals surface area contributed by atoms with Gasteiger partial charge in [-0.05, 0) is 0 Å². The Morgan fingerprint density at radius 3 is 2.36 bits per heavy atom. The number of benzene rings is 1. The molecule has 0 saturated heterocycles. The Hall–Kier alpha value is -0.991. The van der Waals surface area contributed by atoms with Crippen molar-refractivity contribution in [1.29, 1.82) is 0 Å². The van der Waals surface area contributed by atoms with Crippen LogP contribution in [-0.4, -0.2) is 83.5 Å². The van der Waals surface area contributed by atoms with Gasteiger partial charge in [0.1, 0.15) is 0 Å². The molecule has 0 aromatic heterocycles. The fourth-order valence-corrected chi connectivity index (χ4v) is 2.98. The summed E-state index contributed by atoms with van der Waals surface area (Å²) in [4.78, 5) is 5.61. The van der Waals surface area contributed by atoms with Gasteiger partial charge in [0, 0.05) is 0 Å². The maximum absolute atomic E-state index is 10.4. The number of aliphatic imine (C=N–C) groups is 1. The fraction of sp³-hybridized carbons (Fsp3) is 0.500. The van der Waals surface area contributed by atoms with Crippen LogP contribution in [0.3, 0.4) is 0 Å². The Morgan fingerprint density at radius 2 is 1.82 bits per heavy atom. The van der Waals surface area contributed by atoms with Crippen LogP contribution in [0.15, 0.2) is 29.3 Å². The summed E-state index contributed by atoms with van der Waals surface area (Å²) < 4.78 is 0.367. The molecular weight excluding hydrogens is 355 g/mol. The quantitative estimate of drug-likeness (QED) is 0.385. The summed E-state index contributed by atoms with van der Waals surface area (Å²) in [7, 11) is 0. The summed E-state index contributed by atoms with van der Waals surface area (Å²) in [5, 5.41) is 48.5. The predicted molar refractivity (Wildman–Crippen MR) is 81.7 cm³/mol. The van der Waals surface area contributed by atoms with E-state index in [-0.39, 0.29) is 0 Å². The number of anilines is 1. The Bertz CT molecular complexity index is 539. The van der Waals surface area contributed by atoms with Crippen LogP contribution < -0.4 is 4.90 Å². The number of aliphatic hydroxyl groups excluding tert-OH is 5. The standard InChI is InChI=1S/C14H19N2O5Se/c1-7-2-4-8(5-3-7)16-13(21)10(15-14(16)22)12(20)11(19)9(18)6-17/h2-5,9-13,17-21H,6H2,1H3/t9-,10-,11-,12-,13?/m1/s1. The molecule has 1 aromatic carbocycles. The van der Waals surface area contributed by atoms with E-state index in [0.29, 0.717) is 10.4 Å². The van der Waals surface area contributed by atoms with Gasteiger partial charge in [-0.15, -0.1) is 0 Å². The summed E-state index contributed by atoms with van der Waals surface area (Å²) in [5.41, 5.74) is 1.75. The third-order valence-corrected chi connectivity index (χ3v) is 4.26. The Balaban J connectivity index is 2.19. The number of nitrogens with zero attached hydrogens (tertiary/aromatic N) is 2. The first-order chi connectivity index (χ1) is 10.4. The summed E-state index contributed by atoms with van der Waals surface area (Å²) in [6.07, 6.45) is -5.83. The van der Waals surface area contributed by atoms with Crippen LogP contribution in [0.5, 0.6) is 0 Å². The van der Waals surface area contributed by atoms with Crippen molar-refractivity contribution in [3.05, 3.63) is 29.8 Å². The third kappa shape index (κ3) is 3.33. The third-order valence-electron chi connectivity index (χ3n) is 3.63. The zero-order valence-electron chi connectivity index (χ0n) is 11.9. The molecule has 1 aliphatic rings. The van der Waals surface area contributed by atoms with Crippen molar-refractivity contribution in [2.75, 3.05) is 11.5 Å². The number of aliphatic hydroxyl groups is 5. The molecule has 0 amide bonds. The van der Waals surface area contributed by atoms with Crippen LogP contribution in [-0.2, 0) is 0 Å². The summed E-state index contributed by atoms with van der Waals surface area (Å²) in [6, 6.07) is 6.32. The molecule has 22 heavy (non-hydrogen) atoms. The van der Waals surface area contributed by atoms with Gasteiger partial charge in [-0.3, -0.25) is 0 Å². The van der Waals surface area contributed by atoms with E-state index in [1.165, 1.54) is 4.90 Å². The van der Waals surface area contributed by atoms with Crippen LogP contribution in [0, 0.1) is 6.92 Å². The van der Waals surface area contributed by atoms with Crippen LogP contribution >= 0.6 is 0 Å². The van der Waals surface area contributed by atoms with Crippen LogP contribution in [0.1, 0.15) is 5.56 Å². The summed E-state index contributed by atoms with van der Waals surface area (Å²) in [5.74, 6) is 0. The molecule has 0 bridgehead atoms. The number of hydrogen-bond donors (Lipinski definition) is 5. The fourth-order valence-electron chi connectivity index (χ4n) is 2.28. The molecule has 0 fully saturated rings. The second-order valence-electron chi connectivity index (χ2n) is 5.25. The Labute approximate surface area is 136 Å². The minimum absolute atomic E-state index is 0.367. The Kier molecular flexibility index (Phi) is 5.57. The average molecular weight is 374 g/mol. The molecule has 2 rings (SSSR count). The zero-order valence-corrected chi connectivity index (χ0v) is 13.7. The van der Waals surface area contributed by atoms with Crippen LogP contribution in [0.4, 0.5) is 5.69 Å². The van der Waals surface area contributed by atoms with E-state index in [4.69, 9.17) is 5.11 Å². The zero-order chi connectivity index (χ0) is 16.4. The van der Waals surface area contributed by atoms with Gasteiger partial charge in [0.15, 0.2) is 0 Å².